The molecule has 1 rings (SSSR count). The maximum absolute atomic E-state index is 5.24. The van der Waals surface area contributed by atoms with Crippen molar-refractivity contribution in [2.75, 3.05) is 26.3 Å². The molecule has 0 bridgehead atoms. The molecule has 1 heterocycles. The number of nitrogens with zero attached hydrogens (tertiary/aromatic N) is 1. The molecule has 0 aromatic carbocycles. The van der Waals surface area contributed by atoms with Crippen LogP contribution >= 0.6 is 24.0 Å². The molecule has 0 aromatic heterocycles. The van der Waals surface area contributed by atoms with E-state index in [4.69, 9.17) is 4.74 Å². The van der Waals surface area contributed by atoms with Crippen LogP contribution < -0.4 is 10.6 Å². The van der Waals surface area contributed by atoms with Crippen molar-refractivity contribution in [3.63, 3.8) is 0 Å². The number of hydrogen-bond donors (Lipinski definition) is 2. The zero-order valence-corrected chi connectivity index (χ0v) is 14.6. The van der Waals surface area contributed by atoms with Gasteiger partial charge in [-0.05, 0) is 19.8 Å². The molecule has 0 aliphatic carbocycles. The largest absolute Gasteiger partial charge is 0.380 e. The fraction of sp³-hybridized carbons (Fsp3) is 0.923. The van der Waals surface area contributed by atoms with Gasteiger partial charge in [0.15, 0.2) is 5.96 Å². The molecule has 4 nitrogen and oxygen atoms in total. The zero-order valence-electron chi connectivity index (χ0n) is 12.2. The van der Waals surface area contributed by atoms with Crippen LogP contribution in [0.2, 0.25) is 0 Å². The van der Waals surface area contributed by atoms with Crippen molar-refractivity contribution in [1.29, 1.82) is 0 Å². The Morgan fingerprint density at radius 1 is 1.33 bits per heavy atom. The van der Waals surface area contributed by atoms with Crippen molar-refractivity contribution in [2.45, 2.75) is 40.7 Å². The number of halogens is 1. The lowest BCUT2D eigenvalue weighted by molar-refractivity contribution is -0.0945. The van der Waals surface area contributed by atoms with E-state index in [0.717, 1.165) is 32.3 Å². The van der Waals surface area contributed by atoms with Crippen molar-refractivity contribution in [2.24, 2.45) is 16.3 Å². The summed E-state index contributed by atoms with van der Waals surface area (Å²) in [6.07, 6.45) is 0. The van der Waals surface area contributed by atoms with Crippen LogP contribution in [0.15, 0.2) is 4.99 Å². The highest BCUT2D eigenvalue weighted by Crippen LogP contribution is 2.26. The molecule has 0 radical (unpaired) electrons. The summed E-state index contributed by atoms with van der Waals surface area (Å²) in [4.78, 5) is 4.64. The average Bonchev–Trinajstić information content (AvgIpc) is 2.23. The molecule has 1 fully saturated rings. The Balaban J connectivity index is 0.00000289. The van der Waals surface area contributed by atoms with Gasteiger partial charge >= 0.3 is 0 Å². The molecule has 1 aliphatic heterocycles. The molecular formula is C13H28IN3O. The fourth-order valence-corrected chi connectivity index (χ4v) is 1.51. The Kier molecular flexibility index (Phi) is 8.18. The fourth-order valence-electron chi connectivity index (χ4n) is 1.51. The van der Waals surface area contributed by atoms with Crippen LogP contribution in [0.5, 0.6) is 0 Å². The average molecular weight is 369 g/mol. The van der Waals surface area contributed by atoms with Crippen LogP contribution in [0.1, 0.15) is 34.6 Å². The van der Waals surface area contributed by atoms with E-state index < -0.39 is 0 Å². The normalized spacial score (nSPS) is 19.8. The van der Waals surface area contributed by atoms with Gasteiger partial charge in [-0.25, -0.2) is 0 Å². The topological polar surface area (TPSA) is 45.7 Å². The van der Waals surface area contributed by atoms with Crippen molar-refractivity contribution >= 4 is 29.9 Å². The predicted molar refractivity (Wildman–Crippen MR) is 87.8 cm³/mol. The Bertz CT molecular complexity index is 265. The van der Waals surface area contributed by atoms with Gasteiger partial charge in [0.25, 0.3) is 0 Å². The Morgan fingerprint density at radius 2 is 1.94 bits per heavy atom. The second kappa shape index (κ2) is 8.19. The summed E-state index contributed by atoms with van der Waals surface area (Å²) >= 11 is 0. The first-order chi connectivity index (χ1) is 7.97. The molecular weight excluding hydrogens is 341 g/mol. The third-order valence-corrected chi connectivity index (χ3v) is 3.23. The highest BCUT2D eigenvalue weighted by molar-refractivity contribution is 14.0. The molecule has 2 N–H and O–H groups in total. The molecule has 1 unspecified atom stereocenters. The molecule has 1 aliphatic rings. The lowest BCUT2D eigenvalue weighted by Crippen LogP contribution is -2.47. The van der Waals surface area contributed by atoms with Crippen LogP contribution in [-0.2, 0) is 4.74 Å². The van der Waals surface area contributed by atoms with Crippen molar-refractivity contribution in [1.82, 2.24) is 10.6 Å². The number of aliphatic imine (C=N–C) groups is 1. The van der Waals surface area contributed by atoms with Crippen LogP contribution in [0.25, 0.3) is 0 Å². The van der Waals surface area contributed by atoms with E-state index in [0.29, 0.717) is 12.0 Å². The minimum Gasteiger partial charge on any atom is -0.380 e. The third-order valence-electron chi connectivity index (χ3n) is 3.23. The minimum atomic E-state index is 0. The summed E-state index contributed by atoms with van der Waals surface area (Å²) in [5, 5.41) is 6.72. The predicted octanol–water partition coefficient (Wildman–Crippen LogP) is 2.24. The first kappa shape index (κ1) is 18.0. The zero-order chi connectivity index (χ0) is 12.9. The van der Waals surface area contributed by atoms with Gasteiger partial charge in [0.2, 0.25) is 0 Å². The molecule has 0 aromatic rings. The van der Waals surface area contributed by atoms with Gasteiger partial charge in [-0.15, -0.1) is 24.0 Å². The van der Waals surface area contributed by atoms with Crippen molar-refractivity contribution < 1.29 is 4.74 Å². The molecule has 1 saturated heterocycles. The molecule has 5 heteroatoms. The van der Waals surface area contributed by atoms with Gasteiger partial charge in [0, 0.05) is 18.0 Å². The molecule has 1 atom stereocenters. The second-order valence-corrected chi connectivity index (χ2v) is 5.68. The van der Waals surface area contributed by atoms with E-state index in [1.54, 1.807) is 0 Å². The van der Waals surface area contributed by atoms with Crippen LogP contribution in [-0.4, -0.2) is 38.3 Å². The molecule has 0 saturated carbocycles. The lowest BCUT2D eigenvalue weighted by atomic mass is 9.89. The van der Waals surface area contributed by atoms with Gasteiger partial charge in [-0.1, -0.05) is 20.8 Å². The van der Waals surface area contributed by atoms with Gasteiger partial charge in [0.05, 0.1) is 19.8 Å². The smallest absolute Gasteiger partial charge is 0.191 e. The van der Waals surface area contributed by atoms with E-state index in [1.807, 2.05) is 0 Å². The van der Waals surface area contributed by atoms with E-state index in [-0.39, 0.29) is 29.4 Å². The minimum absolute atomic E-state index is 0. The number of guanidine groups is 1. The summed E-state index contributed by atoms with van der Waals surface area (Å²) in [5.41, 5.74) is 0.240. The standard InChI is InChI=1S/C13H27N3O.HI/c1-6-14-12(16-11(4)10(2)3)15-7-13(5)8-17-9-13;/h10-11H,6-9H2,1-5H3,(H2,14,15,16);1H. The van der Waals surface area contributed by atoms with E-state index >= 15 is 0 Å². The number of ether oxygens (including phenoxy) is 1. The van der Waals surface area contributed by atoms with E-state index in [2.05, 4.69) is 50.2 Å². The number of rotatable bonds is 5. The van der Waals surface area contributed by atoms with Gasteiger partial charge in [0.1, 0.15) is 0 Å². The number of nitrogens with one attached hydrogen (secondary N) is 2. The number of hydrogen-bond acceptors (Lipinski definition) is 2. The second-order valence-electron chi connectivity index (χ2n) is 5.68. The summed E-state index contributed by atoms with van der Waals surface area (Å²) in [6.45, 7) is 14.3. The quantitative estimate of drug-likeness (QED) is 0.444. The molecule has 108 valence electrons. The van der Waals surface area contributed by atoms with E-state index in [9.17, 15) is 0 Å². The van der Waals surface area contributed by atoms with Crippen molar-refractivity contribution in [3.8, 4) is 0 Å². The maximum atomic E-state index is 5.24. The van der Waals surface area contributed by atoms with Crippen LogP contribution in [0.3, 0.4) is 0 Å². The maximum Gasteiger partial charge on any atom is 0.191 e. The van der Waals surface area contributed by atoms with Gasteiger partial charge in [-0.3, -0.25) is 4.99 Å². The van der Waals surface area contributed by atoms with Gasteiger partial charge in [-0.2, -0.15) is 0 Å². The van der Waals surface area contributed by atoms with Crippen molar-refractivity contribution in [3.05, 3.63) is 0 Å². The molecule has 0 amide bonds. The summed E-state index contributed by atoms with van der Waals surface area (Å²) in [5.74, 6) is 1.52. The molecule has 0 spiro atoms. The lowest BCUT2D eigenvalue weighted by Gasteiger charge is -2.36. The third kappa shape index (κ3) is 5.73. The Hall–Kier alpha value is -0.0400. The SMILES string of the molecule is CCNC(=NCC1(C)COC1)NC(C)C(C)C.I. The molecule has 18 heavy (non-hydrogen) atoms. The summed E-state index contributed by atoms with van der Waals surface area (Å²) in [7, 11) is 0. The van der Waals surface area contributed by atoms with Crippen LogP contribution in [0.4, 0.5) is 0 Å². The highest BCUT2D eigenvalue weighted by atomic mass is 127. The Morgan fingerprint density at radius 3 is 2.33 bits per heavy atom. The van der Waals surface area contributed by atoms with Gasteiger partial charge < -0.3 is 15.4 Å². The first-order valence-corrected chi connectivity index (χ1v) is 6.59. The van der Waals surface area contributed by atoms with Crippen LogP contribution in [0, 0.1) is 11.3 Å². The Labute approximate surface area is 128 Å². The summed E-state index contributed by atoms with van der Waals surface area (Å²) < 4.78 is 5.24. The van der Waals surface area contributed by atoms with E-state index in [1.165, 1.54) is 0 Å². The first-order valence-electron chi connectivity index (χ1n) is 6.59. The highest BCUT2D eigenvalue weighted by Gasteiger charge is 2.33. The summed E-state index contributed by atoms with van der Waals surface area (Å²) in [6, 6.07) is 0.429. The monoisotopic (exact) mass is 369 g/mol.